The summed E-state index contributed by atoms with van der Waals surface area (Å²) in [5.41, 5.74) is 5.07. The van der Waals surface area contributed by atoms with Crippen LogP contribution in [0.1, 0.15) is 26.7 Å². The number of amidine groups is 1. The molecule has 0 bridgehead atoms. The monoisotopic (exact) mass is 142 g/mol. The number of nitrogens with one attached hydrogen (secondary N) is 1. The van der Waals surface area contributed by atoms with Crippen molar-refractivity contribution in [3.8, 4) is 0 Å². The zero-order valence-corrected chi connectivity index (χ0v) is 6.48. The highest BCUT2D eigenvalue weighted by molar-refractivity contribution is 5.86. The highest BCUT2D eigenvalue weighted by atomic mass is 16.1. The van der Waals surface area contributed by atoms with Gasteiger partial charge in [0.1, 0.15) is 5.78 Å². The van der Waals surface area contributed by atoms with Crippen molar-refractivity contribution in [1.29, 1.82) is 5.41 Å². The maximum atomic E-state index is 10.9. The fraction of sp³-hybridized carbons (Fsp3) is 0.714. The largest absolute Gasteiger partial charge is 0.388 e. The van der Waals surface area contributed by atoms with Crippen LogP contribution in [0, 0.1) is 11.3 Å². The molecule has 0 aromatic rings. The van der Waals surface area contributed by atoms with Gasteiger partial charge in [-0.2, -0.15) is 0 Å². The van der Waals surface area contributed by atoms with Gasteiger partial charge in [-0.25, -0.2) is 0 Å². The molecule has 0 saturated heterocycles. The quantitative estimate of drug-likeness (QED) is 0.453. The third-order valence-electron chi connectivity index (χ3n) is 1.28. The van der Waals surface area contributed by atoms with Crippen LogP contribution in [0.25, 0.3) is 0 Å². The number of hydrogen-bond acceptors (Lipinski definition) is 2. The molecule has 0 saturated carbocycles. The molecule has 0 amide bonds. The highest BCUT2D eigenvalue weighted by Crippen LogP contribution is 2.00. The summed E-state index contributed by atoms with van der Waals surface area (Å²) in [7, 11) is 0. The Bertz CT molecular complexity index is 141. The second kappa shape index (κ2) is 4.04. The normalized spacial score (nSPS) is 9.90. The van der Waals surface area contributed by atoms with E-state index in [1.807, 2.05) is 13.8 Å². The van der Waals surface area contributed by atoms with Gasteiger partial charge in [0.25, 0.3) is 0 Å². The third-order valence-corrected chi connectivity index (χ3v) is 1.28. The molecule has 0 aliphatic rings. The summed E-state index contributed by atoms with van der Waals surface area (Å²) >= 11 is 0. The van der Waals surface area contributed by atoms with Gasteiger partial charge >= 0.3 is 0 Å². The lowest BCUT2D eigenvalue weighted by Gasteiger charge is -2.01. The number of rotatable bonds is 4. The lowest BCUT2D eigenvalue weighted by atomic mass is 10.0. The summed E-state index contributed by atoms with van der Waals surface area (Å²) in [6, 6.07) is 0. The van der Waals surface area contributed by atoms with Crippen LogP contribution in [-0.2, 0) is 4.79 Å². The molecule has 0 radical (unpaired) electrons. The Balaban J connectivity index is 3.50. The zero-order valence-electron chi connectivity index (χ0n) is 6.48. The van der Waals surface area contributed by atoms with E-state index in [2.05, 4.69) is 0 Å². The molecule has 3 nitrogen and oxygen atoms in total. The number of hydrogen-bond donors (Lipinski definition) is 2. The summed E-state index contributed by atoms with van der Waals surface area (Å²) in [5.74, 6) is 0.337. The first-order valence-electron chi connectivity index (χ1n) is 3.39. The molecule has 0 aliphatic heterocycles. The number of carbonyl (C=O) groups excluding carboxylic acids is 1. The Kier molecular flexibility index (Phi) is 3.69. The molecule has 0 aliphatic carbocycles. The fourth-order valence-corrected chi connectivity index (χ4v) is 0.547. The molecule has 3 N–H and O–H groups in total. The lowest BCUT2D eigenvalue weighted by molar-refractivity contribution is -0.121. The van der Waals surface area contributed by atoms with Crippen LogP contribution >= 0.6 is 0 Å². The minimum atomic E-state index is 0.0688. The van der Waals surface area contributed by atoms with E-state index < -0.39 is 0 Å². The van der Waals surface area contributed by atoms with Gasteiger partial charge in [0, 0.05) is 18.8 Å². The van der Waals surface area contributed by atoms with Gasteiger partial charge < -0.3 is 5.73 Å². The first-order valence-corrected chi connectivity index (χ1v) is 3.39. The molecule has 0 unspecified atom stereocenters. The topological polar surface area (TPSA) is 66.9 Å². The first kappa shape index (κ1) is 9.14. The van der Waals surface area contributed by atoms with Gasteiger partial charge in [0.15, 0.2) is 0 Å². The van der Waals surface area contributed by atoms with Crippen molar-refractivity contribution < 1.29 is 4.79 Å². The third kappa shape index (κ3) is 4.06. The number of ketones is 1. The minimum absolute atomic E-state index is 0.0688. The van der Waals surface area contributed by atoms with E-state index in [9.17, 15) is 4.79 Å². The molecule has 10 heavy (non-hydrogen) atoms. The number of nitrogens with two attached hydrogens (primary N) is 1. The van der Waals surface area contributed by atoms with Crippen LogP contribution in [0.3, 0.4) is 0 Å². The van der Waals surface area contributed by atoms with Gasteiger partial charge in [0.2, 0.25) is 0 Å². The van der Waals surface area contributed by atoms with E-state index in [-0.39, 0.29) is 17.5 Å². The van der Waals surface area contributed by atoms with Crippen molar-refractivity contribution >= 4 is 11.6 Å². The average Bonchev–Trinajstić information content (AvgIpc) is 1.82. The predicted octanol–water partition coefficient (Wildman–Crippen LogP) is 0.928. The Labute approximate surface area is 61.1 Å². The van der Waals surface area contributed by atoms with Crippen molar-refractivity contribution in [2.75, 3.05) is 0 Å². The van der Waals surface area contributed by atoms with Crippen molar-refractivity contribution in [3.05, 3.63) is 0 Å². The molecule has 0 rings (SSSR count). The standard InChI is InChI=1S/C7H14N2O/c1-5(2)6(10)3-4-7(8)9/h5H,3-4H2,1-2H3,(H3,8,9). The van der Waals surface area contributed by atoms with Crippen LogP contribution in [0.4, 0.5) is 0 Å². The molecule has 0 heterocycles. The molecule has 0 aromatic heterocycles. The Hall–Kier alpha value is -0.860. The summed E-state index contributed by atoms with van der Waals surface area (Å²) in [6.45, 7) is 3.70. The Morgan fingerprint density at radius 1 is 1.50 bits per heavy atom. The predicted molar refractivity (Wildman–Crippen MR) is 41.0 cm³/mol. The Morgan fingerprint density at radius 2 is 2.00 bits per heavy atom. The van der Waals surface area contributed by atoms with E-state index in [0.29, 0.717) is 12.8 Å². The molecular weight excluding hydrogens is 128 g/mol. The molecule has 3 heteroatoms. The van der Waals surface area contributed by atoms with Crippen molar-refractivity contribution in [3.63, 3.8) is 0 Å². The first-order chi connectivity index (χ1) is 4.54. The molecule has 0 spiro atoms. The molecule has 0 atom stereocenters. The number of carbonyl (C=O) groups is 1. The fourth-order valence-electron chi connectivity index (χ4n) is 0.547. The van der Waals surface area contributed by atoms with Crippen LogP contribution in [-0.4, -0.2) is 11.6 Å². The molecule has 58 valence electrons. The highest BCUT2D eigenvalue weighted by Gasteiger charge is 2.06. The van der Waals surface area contributed by atoms with Gasteiger partial charge in [-0.05, 0) is 0 Å². The van der Waals surface area contributed by atoms with E-state index in [4.69, 9.17) is 11.1 Å². The van der Waals surface area contributed by atoms with Crippen LogP contribution in [0.5, 0.6) is 0 Å². The van der Waals surface area contributed by atoms with Crippen molar-refractivity contribution in [2.24, 2.45) is 11.7 Å². The van der Waals surface area contributed by atoms with Gasteiger partial charge in [0.05, 0.1) is 5.84 Å². The van der Waals surface area contributed by atoms with Crippen molar-refractivity contribution in [1.82, 2.24) is 0 Å². The molecule has 0 aromatic carbocycles. The SMILES string of the molecule is CC(C)C(=O)CCC(=N)N. The minimum Gasteiger partial charge on any atom is -0.388 e. The average molecular weight is 142 g/mol. The molecular formula is C7H14N2O. The smallest absolute Gasteiger partial charge is 0.135 e. The zero-order chi connectivity index (χ0) is 8.15. The second-order valence-corrected chi connectivity index (χ2v) is 2.65. The lowest BCUT2D eigenvalue weighted by Crippen LogP contribution is -2.14. The van der Waals surface area contributed by atoms with E-state index in [0.717, 1.165) is 0 Å². The summed E-state index contributed by atoms with van der Waals surface area (Å²) in [6.07, 6.45) is 0.810. The second-order valence-electron chi connectivity index (χ2n) is 2.65. The summed E-state index contributed by atoms with van der Waals surface area (Å²) in [5, 5.41) is 6.85. The maximum absolute atomic E-state index is 10.9. The summed E-state index contributed by atoms with van der Waals surface area (Å²) in [4.78, 5) is 10.9. The van der Waals surface area contributed by atoms with Crippen LogP contribution in [0.15, 0.2) is 0 Å². The van der Waals surface area contributed by atoms with E-state index in [1.165, 1.54) is 0 Å². The number of Topliss-reactive ketones (excluding diaryl/α,β-unsaturated/α-hetero) is 1. The van der Waals surface area contributed by atoms with E-state index in [1.54, 1.807) is 0 Å². The maximum Gasteiger partial charge on any atom is 0.135 e. The van der Waals surface area contributed by atoms with Crippen LogP contribution < -0.4 is 5.73 Å². The van der Waals surface area contributed by atoms with Crippen LogP contribution in [0.2, 0.25) is 0 Å². The van der Waals surface area contributed by atoms with E-state index >= 15 is 0 Å². The summed E-state index contributed by atoms with van der Waals surface area (Å²) < 4.78 is 0. The van der Waals surface area contributed by atoms with Gasteiger partial charge in [-0.1, -0.05) is 13.8 Å². The van der Waals surface area contributed by atoms with Gasteiger partial charge in [-0.3, -0.25) is 10.2 Å². The Morgan fingerprint density at radius 3 is 2.30 bits per heavy atom. The molecule has 0 fully saturated rings. The van der Waals surface area contributed by atoms with Gasteiger partial charge in [-0.15, -0.1) is 0 Å². The van der Waals surface area contributed by atoms with Crippen molar-refractivity contribution in [2.45, 2.75) is 26.7 Å².